The van der Waals surface area contributed by atoms with Crippen LogP contribution >= 0.6 is 0 Å². The minimum absolute atomic E-state index is 0.0972. The molecule has 1 heterocycles. The molecule has 0 atom stereocenters. The van der Waals surface area contributed by atoms with E-state index in [1.807, 2.05) is 13.8 Å². The molecule has 0 spiro atoms. The Morgan fingerprint density at radius 1 is 1.53 bits per heavy atom. The van der Waals surface area contributed by atoms with E-state index >= 15 is 0 Å². The Morgan fingerprint density at radius 2 is 2.29 bits per heavy atom. The molecule has 0 bridgehead atoms. The highest BCUT2D eigenvalue weighted by molar-refractivity contribution is 5.35. The molecule has 5 nitrogen and oxygen atoms in total. The maximum Gasteiger partial charge on any atom is 0.252 e. The van der Waals surface area contributed by atoms with Crippen molar-refractivity contribution in [2.75, 3.05) is 11.9 Å². The lowest BCUT2D eigenvalue weighted by Gasteiger charge is -2.35. The number of nitrogens with zero attached hydrogens (tertiary/aromatic N) is 1. The monoisotopic (exact) mass is 237 g/mol. The van der Waals surface area contributed by atoms with E-state index in [2.05, 4.69) is 15.3 Å². The van der Waals surface area contributed by atoms with Crippen LogP contribution in [-0.4, -0.2) is 28.7 Å². The van der Waals surface area contributed by atoms with Crippen LogP contribution in [0.15, 0.2) is 10.9 Å². The Kier molecular flexibility index (Phi) is 3.78. The number of rotatable bonds is 5. The number of anilines is 1. The van der Waals surface area contributed by atoms with Crippen molar-refractivity contribution in [3.8, 4) is 0 Å². The van der Waals surface area contributed by atoms with E-state index in [0.29, 0.717) is 18.0 Å². The van der Waals surface area contributed by atoms with Crippen molar-refractivity contribution in [1.29, 1.82) is 0 Å². The summed E-state index contributed by atoms with van der Waals surface area (Å²) in [6.07, 6.45) is 3.08. The molecular formula is C12H19N3O2. The molecule has 1 fully saturated rings. The molecule has 0 unspecified atom stereocenters. The van der Waals surface area contributed by atoms with Gasteiger partial charge in [0.25, 0.3) is 5.56 Å². The van der Waals surface area contributed by atoms with Crippen LogP contribution in [0, 0.1) is 0 Å². The Bertz CT molecular complexity index is 424. The van der Waals surface area contributed by atoms with Gasteiger partial charge >= 0.3 is 0 Å². The molecule has 1 aromatic heterocycles. The zero-order valence-electron chi connectivity index (χ0n) is 10.3. The summed E-state index contributed by atoms with van der Waals surface area (Å²) >= 11 is 0. The highest BCUT2D eigenvalue weighted by Gasteiger charge is 2.29. The van der Waals surface area contributed by atoms with Crippen LogP contribution in [0.25, 0.3) is 0 Å². The summed E-state index contributed by atoms with van der Waals surface area (Å²) in [5, 5.41) is 3.27. The number of aromatic amines is 1. The van der Waals surface area contributed by atoms with Crippen LogP contribution < -0.4 is 10.9 Å². The second-order valence-electron chi connectivity index (χ2n) is 4.32. The van der Waals surface area contributed by atoms with E-state index in [4.69, 9.17) is 4.74 Å². The molecule has 1 aromatic rings. The first-order valence-corrected chi connectivity index (χ1v) is 6.19. The van der Waals surface area contributed by atoms with E-state index < -0.39 is 0 Å². The number of H-pyrrole nitrogens is 1. The molecule has 2 N–H and O–H groups in total. The fraction of sp³-hybridized carbons (Fsp3) is 0.667. The van der Waals surface area contributed by atoms with Crippen LogP contribution in [0.1, 0.15) is 32.5 Å². The van der Waals surface area contributed by atoms with Crippen molar-refractivity contribution >= 4 is 5.82 Å². The van der Waals surface area contributed by atoms with Crippen LogP contribution in [0.3, 0.4) is 0 Å². The lowest BCUT2D eigenvalue weighted by atomic mass is 9.89. The topological polar surface area (TPSA) is 67.0 Å². The third-order valence-electron chi connectivity index (χ3n) is 2.97. The van der Waals surface area contributed by atoms with Gasteiger partial charge < -0.3 is 15.0 Å². The Hall–Kier alpha value is -1.36. The van der Waals surface area contributed by atoms with Crippen molar-refractivity contribution in [3.63, 3.8) is 0 Å². The summed E-state index contributed by atoms with van der Waals surface area (Å²) in [5.74, 6) is 1.39. The summed E-state index contributed by atoms with van der Waals surface area (Å²) in [6, 6.07) is 1.89. The van der Waals surface area contributed by atoms with Crippen molar-refractivity contribution < 1.29 is 4.74 Å². The van der Waals surface area contributed by atoms with Crippen molar-refractivity contribution in [3.05, 3.63) is 22.2 Å². The van der Waals surface area contributed by atoms with E-state index in [1.54, 1.807) is 0 Å². The van der Waals surface area contributed by atoms with Crippen molar-refractivity contribution in [2.45, 2.75) is 45.3 Å². The lowest BCUT2D eigenvalue weighted by Crippen LogP contribution is -2.41. The molecule has 0 amide bonds. The number of nitrogens with one attached hydrogen (secondary N) is 2. The van der Waals surface area contributed by atoms with E-state index in [0.717, 1.165) is 31.7 Å². The Morgan fingerprint density at radius 3 is 2.94 bits per heavy atom. The number of hydrogen-bond acceptors (Lipinski definition) is 4. The van der Waals surface area contributed by atoms with Gasteiger partial charge in [0.2, 0.25) is 0 Å². The van der Waals surface area contributed by atoms with E-state index in [1.165, 1.54) is 6.07 Å². The molecule has 0 radical (unpaired) electrons. The number of ether oxygens (including phenoxy) is 1. The van der Waals surface area contributed by atoms with Gasteiger partial charge in [-0.1, -0.05) is 6.92 Å². The highest BCUT2D eigenvalue weighted by Crippen LogP contribution is 2.25. The average Bonchev–Trinajstić information content (AvgIpc) is 2.25. The van der Waals surface area contributed by atoms with Gasteiger partial charge in [0.15, 0.2) is 0 Å². The molecule has 0 aliphatic heterocycles. The second-order valence-corrected chi connectivity index (χ2v) is 4.32. The molecule has 94 valence electrons. The first-order valence-electron chi connectivity index (χ1n) is 6.19. The number of aromatic nitrogens is 2. The minimum Gasteiger partial charge on any atom is -0.378 e. The first-order chi connectivity index (χ1) is 8.21. The van der Waals surface area contributed by atoms with Gasteiger partial charge in [-0.05, 0) is 19.8 Å². The average molecular weight is 237 g/mol. The molecule has 0 aromatic carbocycles. The normalized spacial score (nSPS) is 23.2. The minimum atomic E-state index is -0.0972. The smallest absolute Gasteiger partial charge is 0.252 e. The maximum atomic E-state index is 11.4. The Balaban J connectivity index is 1.92. The lowest BCUT2D eigenvalue weighted by molar-refractivity contribution is 0.00292. The molecule has 17 heavy (non-hydrogen) atoms. The molecule has 1 saturated carbocycles. The summed E-state index contributed by atoms with van der Waals surface area (Å²) in [7, 11) is 0. The van der Waals surface area contributed by atoms with Gasteiger partial charge in [-0.15, -0.1) is 0 Å². The third kappa shape index (κ3) is 3.06. The van der Waals surface area contributed by atoms with Gasteiger partial charge in [0.05, 0.1) is 6.10 Å². The highest BCUT2D eigenvalue weighted by atomic mass is 16.5. The zero-order valence-corrected chi connectivity index (χ0v) is 10.3. The fourth-order valence-electron chi connectivity index (χ4n) is 2.01. The molecule has 2 rings (SSSR count). The summed E-state index contributed by atoms with van der Waals surface area (Å²) < 4.78 is 5.49. The van der Waals surface area contributed by atoms with E-state index in [9.17, 15) is 4.79 Å². The predicted molar refractivity (Wildman–Crippen MR) is 66.3 cm³/mol. The molecular weight excluding hydrogens is 218 g/mol. The third-order valence-corrected chi connectivity index (χ3v) is 2.97. The molecule has 5 heteroatoms. The van der Waals surface area contributed by atoms with Crippen molar-refractivity contribution in [2.24, 2.45) is 0 Å². The number of aryl methyl sites for hydroxylation is 1. The van der Waals surface area contributed by atoms with Crippen LogP contribution in [0.4, 0.5) is 5.82 Å². The first kappa shape index (κ1) is 12.1. The second kappa shape index (κ2) is 5.31. The molecule has 1 aliphatic rings. The Labute approximate surface area is 101 Å². The van der Waals surface area contributed by atoms with Gasteiger partial charge in [-0.2, -0.15) is 0 Å². The van der Waals surface area contributed by atoms with Crippen LogP contribution in [0.5, 0.6) is 0 Å². The standard InChI is InChI=1S/C12H19N3O2/c1-3-10-14-11(7-12(16)15-10)13-8-5-9(6-8)17-4-2/h7-9H,3-6H2,1-2H3,(H2,13,14,15,16). The zero-order chi connectivity index (χ0) is 12.3. The van der Waals surface area contributed by atoms with Crippen LogP contribution in [-0.2, 0) is 11.2 Å². The summed E-state index contributed by atoms with van der Waals surface area (Å²) in [6.45, 7) is 4.74. The van der Waals surface area contributed by atoms with Gasteiger partial charge in [-0.3, -0.25) is 4.79 Å². The predicted octanol–water partition coefficient (Wildman–Crippen LogP) is 1.31. The van der Waals surface area contributed by atoms with Crippen LogP contribution in [0.2, 0.25) is 0 Å². The summed E-state index contributed by atoms with van der Waals surface area (Å²) in [4.78, 5) is 18.4. The number of hydrogen-bond donors (Lipinski definition) is 2. The van der Waals surface area contributed by atoms with E-state index in [-0.39, 0.29) is 5.56 Å². The fourth-order valence-corrected chi connectivity index (χ4v) is 2.01. The largest absolute Gasteiger partial charge is 0.378 e. The molecule has 1 aliphatic carbocycles. The van der Waals surface area contributed by atoms with Gasteiger partial charge in [-0.25, -0.2) is 4.98 Å². The molecule has 0 saturated heterocycles. The van der Waals surface area contributed by atoms with Crippen molar-refractivity contribution in [1.82, 2.24) is 9.97 Å². The van der Waals surface area contributed by atoms with Gasteiger partial charge in [0, 0.05) is 25.1 Å². The maximum absolute atomic E-state index is 11.4. The summed E-state index contributed by atoms with van der Waals surface area (Å²) in [5.41, 5.74) is -0.0972. The van der Waals surface area contributed by atoms with Gasteiger partial charge in [0.1, 0.15) is 11.6 Å². The quantitative estimate of drug-likeness (QED) is 0.810. The SMILES string of the molecule is CCOC1CC(Nc2cc(=O)[nH]c(CC)n2)C1.